The standard InChI is InChI=1S/C6H13NO2.C5H13NO.C2H7NO3S.C2H7O5P/c1-4-7(2,3)5-6(8)9;1-6(2,3)4-5-7;1-3-2-7(4,5)6;3-1-2-7-8(4,5)6/h4-5H2,1-3H3;4-5H2,1-3H3;3H,2H2,1H3,(H,4,5,6);3H,1-2H2,(H2,4,5,6)/p-2/i;1D;;. The van der Waals surface area contributed by atoms with Gasteiger partial charge in [-0.15, -0.1) is 0 Å². The van der Waals surface area contributed by atoms with Gasteiger partial charge in [0.05, 0.1) is 74.7 Å². The van der Waals surface area contributed by atoms with Crippen LogP contribution in [0.4, 0.5) is 0 Å². The van der Waals surface area contributed by atoms with Crippen LogP contribution in [-0.4, -0.2) is 125 Å². The largest absolute Gasteiger partial charge is 0.850 e. The SMILES string of the molecule is CC[N+](C)(C)CC(=O)[O-].CNCS(=O)(=O)[O-].O=P([O-])(O)OCCO.[2H]C[N+](C)(C)CC[O-]. The monoisotopic (exact) mass is 500 g/mol. The minimum absolute atomic E-state index is 0.0775. The summed E-state index contributed by atoms with van der Waals surface area (Å²) in [6.45, 7) is 2.52. The summed E-state index contributed by atoms with van der Waals surface area (Å²) in [6, 6.07) is 0. The van der Waals surface area contributed by atoms with E-state index in [9.17, 15) is 37.4 Å². The van der Waals surface area contributed by atoms with Crippen LogP contribution in [0.1, 0.15) is 8.29 Å². The summed E-state index contributed by atoms with van der Waals surface area (Å²) < 4.78 is 50.1. The maximum absolute atomic E-state index is 10.0. The number of rotatable bonds is 10. The van der Waals surface area contributed by atoms with Crippen LogP contribution in [-0.2, 0) is 24.0 Å². The quantitative estimate of drug-likeness (QED) is 0.146. The molecule has 192 valence electrons. The first-order chi connectivity index (χ1) is 14.2. The molecule has 16 heteroatoms. The number of phosphoric acid groups is 1. The molecule has 0 heterocycles. The van der Waals surface area contributed by atoms with E-state index in [1.807, 2.05) is 35.1 Å². The maximum atomic E-state index is 10.0. The molecule has 0 bridgehead atoms. The van der Waals surface area contributed by atoms with Gasteiger partial charge < -0.3 is 53.3 Å². The van der Waals surface area contributed by atoms with E-state index in [1.54, 1.807) is 0 Å². The number of carbonyl (C=O) groups excluding carboxylic acids is 1. The highest BCUT2D eigenvalue weighted by atomic mass is 32.2. The predicted molar refractivity (Wildman–Crippen MR) is 107 cm³/mol. The van der Waals surface area contributed by atoms with E-state index in [1.165, 1.54) is 7.05 Å². The third-order valence-electron chi connectivity index (χ3n) is 2.78. The van der Waals surface area contributed by atoms with Crippen LogP contribution in [0, 0.1) is 0 Å². The average Bonchev–Trinajstić information content (AvgIpc) is 2.59. The summed E-state index contributed by atoms with van der Waals surface area (Å²) in [4.78, 5) is 27.5. The summed E-state index contributed by atoms with van der Waals surface area (Å²) in [5, 5.41) is 30.2. The van der Waals surface area contributed by atoms with Crippen LogP contribution in [0.25, 0.3) is 0 Å². The number of quaternary nitrogens is 2. The number of aliphatic carboxylic acids is 1. The first-order valence-electron chi connectivity index (χ1n) is 9.51. The lowest BCUT2D eigenvalue weighted by Crippen LogP contribution is -2.47. The van der Waals surface area contributed by atoms with Crippen LogP contribution in [0.3, 0.4) is 0 Å². The Morgan fingerprint density at radius 1 is 1.29 bits per heavy atom. The summed E-state index contributed by atoms with van der Waals surface area (Å²) >= 11 is 0. The van der Waals surface area contributed by atoms with E-state index in [-0.39, 0.29) is 13.2 Å². The van der Waals surface area contributed by atoms with Crippen LogP contribution >= 0.6 is 7.82 Å². The van der Waals surface area contributed by atoms with Gasteiger partial charge in [0.15, 0.2) is 0 Å². The van der Waals surface area contributed by atoms with Crippen molar-refractivity contribution >= 4 is 23.9 Å². The summed E-state index contributed by atoms with van der Waals surface area (Å²) in [5.74, 6) is -1.48. The molecule has 0 aliphatic rings. The van der Waals surface area contributed by atoms with Crippen molar-refractivity contribution in [2.75, 3.05) is 87.6 Å². The number of nitrogens with one attached hydrogen (secondary N) is 1. The fourth-order valence-electron chi connectivity index (χ4n) is 1.04. The Morgan fingerprint density at radius 2 is 1.77 bits per heavy atom. The third-order valence-corrected chi connectivity index (χ3v) is 3.93. The molecule has 0 aromatic rings. The molecule has 0 aromatic carbocycles. The molecule has 0 amide bonds. The molecule has 3 N–H and O–H groups in total. The second-order valence-electron chi connectivity index (χ2n) is 7.23. The molecule has 0 spiro atoms. The Bertz CT molecular complexity index is 616. The van der Waals surface area contributed by atoms with Gasteiger partial charge in [-0.05, 0) is 14.0 Å². The summed E-state index contributed by atoms with van der Waals surface area (Å²) in [5.41, 5.74) is 0. The van der Waals surface area contributed by atoms with Crippen LogP contribution in [0.15, 0.2) is 0 Å². The minimum Gasteiger partial charge on any atom is -0.850 e. The van der Waals surface area contributed by atoms with Crippen LogP contribution in [0.2, 0.25) is 0 Å². The number of phosphoric ester groups is 1. The number of carboxylic acids is 1. The summed E-state index contributed by atoms with van der Waals surface area (Å²) in [6.07, 6.45) is 0. The van der Waals surface area contributed by atoms with E-state index < -0.39 is 43.0 Å². The van der Waals surface area contributed by atoms with Gasteiger partial charge in [0.25, 0.3) is 7.82 Å². The third kappa shape index (κ3) is 53.0. The van der Waals surface area contributed by atoms with Crippen LogP contribution in [0.5, 0.6) is 0 Å². The fourth-order valence-corrected chi connectivity index (χ4v) is 1.71. The molecule has 31 heavy (non-hydrogen) atoms. The molecule has 0 saturated carbocycles. The molecular formula is C15H38N3O11PS-2. The molecular weight excluding hydrogens is 461 g/mol. The van der Waals surface area contributed by atoms with E-state index in [0.717, 1.165) is 6.54 Å². The molecule has 0 aliphatic heterocycles. The number of nitrogens with zero attached hydrogens (tertiary/aromatic N) is 2. The zero-order chi connectivity index (χ0) is 26.6. The lowest BCUT2D eigenvalue weighted by atomic mass is 10.4. The second-order valence-corrected chi connectivity index (χ2v) is 9.83. The summed E-state index contributed by atoms with van der Waals surface area (Å²) in [7, 11) is 0.538. The highest BCUT2D eigenvalue weighted by Crippen LogP contribution is 2.29. The predicted octanol–water partition coefficient (Wildman–Crippen LogP) is -4.95. The Balaban J connectivity index is -0.000000164. The zero-order valence-corrected chi connectivity index (χ0v) is 20.7. The zero-order valence-electron chi connectivity index (χ0n) is 20.0. The van der Waals surface area contributed by atoms with Crippen molar-refractivity contribution < 1.29 is 62.3 Å². The Hall–Kier alpha value is -0.710. The van der Waals surface area contributed by atoms with E-state index in [2.05, 4.69) is 9.84 Å². The van der Waals surface area contributed by atoms with Crippen molar-refractivity contribution in [2.24, 2.45) is 0 Å². The van der Waals surface area contributed by atoms with Gasteiger partial charge >= 0.3 is 0 Å². The molecule has 0 fully saturated rings. The highest BCUT2D eigenvalue weighted by Gasteiger charge is 2.10. The Labute approximate surface area is 186 Å². The molecule has 1 atom stereocenters. The van der Waals surface area contributed by atoms with Crippen LogP contribution < -0.4 is 20.4 Å². The number of carboxylic acid groups (broad SMARTS) is 1. The van der Waals surface area contributed by atoms with Crippen molar-refractivity contribution in [3.05, 3.63) is 0 Å². The van der Waals surface area contributed by atoms with E-state index in [4.69, 9.17) is 11.4 Å². The Morgan fingerprint density at radius 3 is 1.87 bits per heavy atom. The average molecular weight is 501 g/mol. The van der Waals surface area contributed by atoms with Crippen molar-refractivity contribution in [3.63, 3.8) is 0 Å². The van der Waals surface area contributed by atoms with Crippen molar-refractivity contribution in [1.29, 1.82) is 0 Å². The van der Waals surface area contributed by atoms with Crippen molar-refractivity contribution in [2.45, 2.75) is 6.92 Å². The van der Waals surface area contributed by atoms with E-state index >= 15 is 0 Å². The van der Waals surface area contributed by atoms with Gasteiger partial charge in [-0.1, -0.05) is 6.61 Å². The number of likely N-dealkylation sites (N-methyl/N-ethyl adjacent to an activating group) is 2. The molecule has 0 saturated heterocycles. The topological polar surface area (TPSA) is 222 Å². The number of aliphatic hydroxyl groups excluding tert-OH is 1. The van der Waals surface area contributed by atoms with Gasteiger partial charge in [-0.3, -0.25) is 4.57 Å². The first-order valence-corrected chi connectivity index (χ1v) is 11.9. The molecule has 14 nitrogen and oxygen atoms in total. The Kier molecular flexibility index (Phi) is 21.2. The highest BCUT2D eigenvalue weighted by molar-refractivity contribution is 7.85. The smallest absolute Gasteiger partial charge is 0.265 e. The lowest BCUT2D eigenvalue weighted by molar-refractivity contribution is -0.882. The van der Waals surface area contributed by atoms with Crippen molar-refractivity contribution in [3.8, 4) is 0 Å². The first kappa shape index (κ1) is 34.9. The molecule has 0 aromatic heterocycles. The second kappa shape index (κ2) is 18.8. The molecule has 0 rings (SSSR count). The lowest BCUT2D eigenvalue weighted by Gasteiger charge is -2.28. The number of hydrogen-bond donors (Lipinski definition) is 3. The molecule has 0 radical (unpaired) electrons. The molecule has 0 aliphatic carbocycles. The molecule has 1 unspecified atom stereocenters. The van der Waals surface area contributed by atoms with Gasteiger partial charge in [-0.25, -0.2) is 8.42 Å². The minimum atomic E-state index is -4.59. The number of hydrogen-bond acceptors (Lipinski definition) is 11. The fraction of sp³-hybridized carbons (Fsp3) is 0.933. The van der Waals surface area contributed by atoms with Gasteiger partial charge in [-0.2, -0.15) is 0 Å². The number of carbonyl (C=O) groups is 1. The van der Waals surface area contributed by atoms with Gasteiger partial charge in [0.2, 0.25) is 0 Å². The number of aliphatic hydroxyl groups is 1. The maximum Gasteiger partial charge on any atom is 0.265 e. The van der Waals surface area contributed by atoms with Crippen molar-refractivity contribution in [1.82, 2.24) is 5.32 Å². The van der Waals surface area contributed by atoms with E-state index in [0.29, 0.717) is 22.5 Å². The van der Waals surface area contributed by atoms with Gasteiger partial charge in [0, 0.05) is 0 Å². The normalized spacial score (nSPS) is 13.7. The van der Waals surface area contributed by atoms with Gasteiger partial charge in [0.1, 0.15) is 16.7 Å².